The summed E-state index contributed by atoms with van der Waals surface area (Å²) in [5.74, 6) is -0.888. The van der Waals surface area contributed by atoms with Crippen LogP contribution in [0.5, 0.6) is 0 Å². The molecule has 1 unspecified atom stereocenters. The van der Waals surface area contributed by atoms with Gasteiger partial charge in [-0.25, -0.2) is 0 Å². The smallest absolute Gasteiger partial charge is 0.276 e. The van der Waals surface area contributed by atoms with Crippen molar-refractivity contribution in [2.45, 2.75) is 19.8 Å². The summed E-state index contributed by atoms with van der Waals surface area (Å²) in [7, 11) is 1.84. The highest BCUT2D eigenvalue weighted by atomic mass is 16.2. The van der Waals surface area contributed by atoms with E-state index in [0.29, 0.717) is 17.1 Å². The Hall–Kier alpha value is -3.61. The van der Waals surface area contributed by atoms with Gasteiger partial charge in [0.2, 0.25) is 0 Å². The van der Waals surface area contributed by atoms with Crippen LogP contribution in [-0.2, 0) is 18.3 Å². The number of hydrogen-bond donors (Lipinski definition) is 1. The number of benzene rings is 1. The van der Waals surface area contributed by atoms with Crippen LogP contribution in [0.25, 0.3) is 5.70 Å². The summed E-state index contributed by atoms with van der Waals surface area (Å²) in [6, 6.07) is 9.15. The molecular weight excluding hydrogens is 366 g/mol. The zero-order chi connectivity index (χ0) is 20.4. The van der Waals surface area contributed by atoms with E-state index in [2.05, 4.69) is 27.6 Å². The molecule has 1 aliphatic heterocycles. The summed E-state index contributed by atoms with van der Waals surface area (Å²) >= 11 is 0. The van der Waals surface area contributed by atoms with E-state index < -0.39 is 0 Å². The van der Waals surface area contributed by atoms with Crippen LogP contribution in [0.15, 0.2) is 70.4 Å². The average molecular weight is 387 g/mol. The lowest BCUT2D eigenvalue weighted by Gasteiger charge is -2.19. The van der Waals surface area contributed by atoms with Crippen molar-refractivity contribution in [2.24, 2.45) is 23.2 Å². The van der Waals surface area contributed by atoms with Gasteiger partial charge in [-0.15, -0.1) is 10.2 Å². The Morgan fingerprint density at radius 2 is 1.97 bits per heavy atom. The summed E-state index contributed by atoms with van der Waals surface area (Å²) in [5.41, 5.74) is 4.42. The highest BCUT2D eigenvalue weighted by Gasteiger charge is 2.27. The largest absolute Gasteiger partial charge is 0.321 e. The molecule has 4 rings (SSSR count). The fourth-order valence-corrected chi connectivity index (χ4v) is 3.44. The summed E-state index contributed by atoms with van der Waals surface area (Å²) in [6.45, 7) is 2.09. The molecule has 0 radical (unpaired) electrons. The molecule has 1 aromatic carbocycles. The first-order chi connectivity index (χ1) is 14.1. The Balaban J connectivity index is 1.53. The predicted molar refractivity (Wildman–Crippen MR) is 110 cm³/mol. The van der Waals surface area contributed by atoms with E-state index in [4.69, 9.17) is 0 Å². The van der Waals surface area contributed by atoms with Gasteiger partial charge in [0.25, 0.3) is 11.8 Å². The molecule has 0 spiro atoms. The van der Waals surface area contributed by atoms with Crippen molar-refractivity contribution >= 4 is 23.2 Å². The summed E-state index contributed by atoms with van der Waals surface area (Å²) in [6.07, 6.45) is 9.31. The van der Waals surface area contributed by atoms with Gasteiger partial charge in [0.15, 0.2) is 5.69 Å². The Morgan fingerprint density at radius 1 is 1.17 bits per heavy atom. The Labute approximate surface area is 168 Å². The number of anilines is 1. The Bertz CT molecular complexity index is 1090. The number of carbonyl (C=O) groups excluding carboxylic acids is 2. The van der Waals surface area contributed by atoms with E-state index in [9.17, 15) is 9.59 Å². The van der Waals surface area contributed by atoms with Gasteiger partial charge in [0.05, 0.1) is 11.6 Å². The summed E-state index contributed by atoms with van der Waals surface area (Å²) in [5, 5.41) is 15.0. The van der Waals surface area contributed by atoms with E-state index in [0.717, 1.165) is 29.7 Å². The van der Waals surface area contributed by atoms with Gasteiger partial charge in [-0.05, 0) is 30.2 Å². The highest BCUT2D eigenvalue weighted by Crippen LogP contribution is 2.34. The minimum Gasteiger partial charge on any atom is -0.321 e. The third-order valence-corrected chi connectivity index (χ3v) is 4.95. The van der Waals surface area contributed by atoms with Crippen molar-refractivity contribution in [2.75, 3.05) is 5.32 Å². The van der Waals surface area contributed by atoms with Crippen molar-refractivity contribution in [3.63, 3.8) is 0 Å². The SMILES string of the molecule is CCCc1cc(C(=O)Nc2ccc(C3=C4C=CC=CC4C(=O)N=N3)cc2)nn1C. The number of amides is 2. The number of nitrogens with zero attached hydrogens (tertiary/aromatic N) is 4. The molecule has 0 bridgehead atoms. The first kappa shape index (κ1) is 18.7. The van der Waals surface area contributed by atoms with E-state index in [1.807, 2.05) is 49.6 Å². The fourth-order valence-electron chi connectivity index (χ4n) is 3.44. The molecule has 0 fully saturated rings. The molecular formula is C22H21N5O2. The van der Waals surface area contributed by atoms with Gasteiger partial charge in [-0.2, -0.15) is 5.10 Å². The van der Waals surface area contributed by atoms with E-state index in [1.165, 1.54) is 0 Å². The molecule has 29 heavy (non-hydrogen) atoms. The maximum absolute atomic E-state index is 12.5. The van der Waals surface area contributed by atoms with Crippen molar-refractivity contribution in [1.29, 1.82) is 0 Å². The van der Waals surface area contributed by atoms with Gasteiger partial charge >= 0.3 is 0 Å². The molecule has 2 amide bonds. The van der Waals surface area contributed by atoms with Crippen LogP contribution < -0.4 is 5.32 Å². The first-order valence-corrected chi connectivity index (χ1v) is 9.56. The van der Waals surface area contributed by atoms with Crippen molar-refractivity contribution in [3.8, 4) is 0 Å². The van der Waals surface area contributed by atoms with Crippen LogP contribution >= 0.6 is 0 Å². The first-order valence-electron chi connectivity index (χ1n) is 9.56. The van der Waals surface area contributed by atoms with Crippen LogP contribution in [0.2, 0.25) is 0 Å². The van der Waals surface area contributed by atoms with Crippen molar-refractivity contribution < 1.29 is 9.59 Å². The standard InChI is InChI=1S/C22H21N5O2/c1-3-6-16-13-19(26-27(16)2)22(29)23-15-11-9-14(10-12-15)20-17-7-4-5-8-18(17)21(28)25-24-20/h4-5,7-13,18H,3,6H2,1-2H3,(H,23,29). The number of hydrogen-bond acceptors (Lipinski definition) is 4. The van der Waals surface area contributed by atoms with Gasteiger partial charge in [0.1, 0.15) is 0 Å². The van der Waals surface area contributed by atoms with Crippen LogP contribution in [-0.4, -0.2) is 21.6 Å². The monoisotopic (exact) mass is 387 g/mol. The van der Waals surface area contributed by atoms with E-state index in [-0.39, 0.29) is 17.7 Å². The summed E-state index contributed by atoms with van der Waals surface area (Å²) < 4.78 is 1.74. The molecule has 1 aliphatic carbocycles. The van der Waals surface area contributed by atoms with Crippen LogP contribution in [0, 0.1) is 5.92 Å². The molecule has 2 aliphatic rings. The third-order valence-electron chi connectivity index (χ3n) is 4.95. The Morgan fingerprint density at radius 3 is 2.72 bits per heavy atom. The topological polar surface area (TPSA) is 88.7 Å². The minimum absolute atomic E-state index is 0.249. The lowest BCUT2D eigenvalue weighted by Crippen LogP contribution is -2.17. The maximum Gasteiger partial charge on any atom is 0.276 e. The molecule has 1 N–H and O–H groups in total. The maximum atomic E-state index is 12.5. The van der Waals surface area contributed by atoms with Gasteiger partial charge in [-0.3, -0.25) is 14.3 Å². The molecule has 0 saturated heterocycles. The predicted octanol–water partition coefficient (Wildman–Crippen LogP) is 4.07. The number of rotatable bonds is 5. The molecule has 146 valence electrons. The van der Waals surface area contributed by atoms with Crippen molar-refractivity contribution in [3.05, 3.63) is 77.2 Å². The second-order valence-electron chi connectivity index (χ2n) is 6.99. The molecule has 1 atom stereocenters. The lowest BCUT2D eigenvalue weighted by atomic mass is 9.89. The second kappa shape index (κ2) is 7.79. The van der Waals surface area contributed by atoms with Gasteiger partial charge < -0.3 is 5.32 Å². The fraction of sp³-hybridized carbons (Fsp3) is 0.227. The zero-order valence-corrected chi connectivity index (χ0v) is 16.3. The highest BCUT2D eigenvalue weighted by molar-refractivity contribution is 6.03. The van der Waals surface area contributed by atoms with Crippen LogP contribution in [0.3, 0.4) is 0 Å². The number of azo groups is 1. The lowest BCUT2D eigenvalue weighted by molar-refractivity contribution is -0.119. The van der Waals surface area contributed by atoms with Crippen molar-refractivity contribution in [1.82, 2.24) is 9.78 Å². The molecule has 1 aromatic heterocycles. The number of aryl methyl sites for hydroxylation is 2. The zero-order valence-electron chi connectivity index (χ0n) is 16.3. The number of carbonyl (C=O) groups is 2. The molecule has 2 heterocycles. The van der Waals surface area contributed by atoms with Crippen LogP contribution in [0.1, 0.15) is 35.1 Å². The van der Waals surface area contributed by atoms with E-state index >= 15 is 0 Å². The summed E-state index contributed by atoms with van der Waals surface area (Å²) in [4.78, 5) is 24.5. The quantitative estimate of drug-likeness (QED) is 0.839. The third kappa shape index (κ3) is 3.71. The van der Waals surface area contributed by atoms with Gasteiger partial charge in [0, 0.05) is 24.0 Å². The second-order valence-corrected chi connectivity index (χ2v) is 6.99. The number of allylic oxidation sites excluding steroid dienone is 3. The van der Waals surface area contributed by atoms with E-state index in [1.54, 1.807) is 16.8 Å². The number of nitrogens with one attached hydrogen (secondary N) is 1. The number of fused-ring (bicyclic) bond motifs is 1. The number of aromatic nitrogens is 2. The minimum atomic E-state index is -0.381. The average Bonchev–Trinajstić information content (AvgIpc) is 3.10. The van der Waals surface area contributed by atoms with Gasteiger partial charge in [-0.1, -0.05) is 49.8 Å². The molecule has 2 aromatic rings. The normalized spacial score (nSPS) is 17.6. The molecule has 0 saturated carbocycles. The molecule has 7 nitrogen and oxygen atoms in total. The van der Waals surface area contributed by atoms with Crippen LogP contribution in [0.4, 0.5) is 5.69 Å². The Kier molecular flexibility index (Phi) is 5.03. The molecule has 7 heteroatoms.